The molecular formula is C11H14BrNO2. The van der Waals surface area contributed by atoms with Crippen molar-refractivity contribution >= 4 is 23.0 Å². The molecule has 0 spiro atoms. The van der Waals surface area contributed by atoms with E-state index in [0.717, 1.165) is 12.1 Å². The number of aliphatic carboxylic acids is 1. The van der Waals surface area contributed by atoms with Crippen molar-refractivity contribution in [1.82, 2.24) is 5.32 Å². The molecule has 0 amide bonds. The van der Waals surface area contributed by atoms with Crippen molar-refractivity contribution in [3.05, 3.63) is 35.4 Å². The van der Waals surface area contributed by atoms with Gasteiger partial charge < -0.3 is 10.4 Å². The number of carboxylic acids is 1. The molecule has 4 heteroatoms. The van der Waals surface area contributed by atoms with E-state index >= 15 is 0 Å². The number of halogens is 1. The number of carbonyl (C=O) groups is 1. The molecule has 15 heavy (non-hydrogen) atoms. The monoisotopic (exact) mass is 271 g/mol. The van der Waals surface area contributed by atoms with Gasteiger partial charge in [0.05, 0.1) is 5.92 Å². The van der Waals surface area contributed by atoms with Crippen LogP contribution in [0.3, 0.4) is 0 Å². The van der Waals surface area contributed by atoms with Crippen LogP contribution >= 0.6 is 17.0 Å². The van der Waals surface area contributed by atoms with E-state index in [1.54, 1.807) is 0 Å². The van der Waals surface area contributed by atoms with Crippen LogP contribution in [0.4, 0.5) is 0 Å². The molecule has 1 aliphatic heterocycles. The van der Waals surface area contributed by atoms with Gasteiger partial charge in [-0.2, -0.15) is 0 Å². The minimum Gasteiger partial charge on any atom is -0.481 e. The van der Waals surface area contributed by atoms with Gasteiger partial charge in [-0.3, -0.25) is 4.79 Å². The second-order valence-corrected chi connectivity index (χ2v) is 3.64. The average molecular weight is 272 g/mol. The first kappa shape index (κ1) is 12.2. The molecule has 1 aromatic rings. The number of hydrogen-bond acceptors (Lipinski definition) is 2. The lowest BCUT2D eigenvalue weighted by Gasteiger charge is -2.08. The number of carboxylic acid groups (broad SMARTS) is 1. The van der Waals surface area contributed by atoms with Crippen molar-refractivity contribution in [2.45, 2.75) is 13.0 Å². The van der Waals surface area contributed by atoms with Gasteiger partial charge in [0, 0.05) is 13.1 Å². The van der Waals surface area contributed by atoms with Crippen LogP contribution in [0.25, 0.3) is 0 Å². The Morgan fingerprint density at radius 3 is 2.67 bits per heavy atom. The maximum Gasteiger partial charge on any atom is 0.308 e. The fourth-order valence-electron chi connectivity index (χ4n) is 1.82. The minimum absolute atomic E-state index is 0. The van der Waals surface area contributed by atoms with Crippen molar-refractivity contribution in [1.29, 1.82) is 0 Å². The van der Waals surface area contributed by atoms with E-state index in [4.69, 9.17) is 5.11 Å². The topological polar surface area (TPSA) is 49.3 Å². The Kier molecular flexibility index (Phi) is 4.29. The summed E-state index contributed by atoms with van der Waals surface area (Å²) in [6, 6.07) is 8.01. The molecule has 0 aromatic heterocycles. The number of rotatable bonds is 1. The average Bonchev–Trinajstić information content (AvgIpc) is 2.39. The molecule has 0 bridgehead atoms. The standard InChI is InChI=1S/C11H13NO2.BrH/c13-11(14)10-5-8-3-1-2-4-9(8)6-12-7-10;/h1-4,10,12H,5-7H2,(H,13,14);1H. The van der Waals surface area contributed by atoms with Gasteiger partial charge in [-0.05, 0) is 17.5 Å². The summed E-state index contributed by atoms with van der Waals surface area (Å²) in [5.74, 6) is -1.01. The first-order chi connectivity index (χ1) is 6.77. The van der Waals surface area contributed by atoms with Crippen LogP contribution in [0.1, 0.15) is 11.1 Å². The second-order valence-electron chi connectivity index (χ2n) is 3.64. The first-order valence-corrected chi connectivity index (χ1v) is 4.77. The Bertz CT molecular complexity index is 354. The third-order valence-electron chi connectivity index (χ3n) is 2.64. The lowest BCUT2D eigenvalue weighted by atomic mass is 9.98. The van der Waals surface area contributed by atoms with Crippen molar-refractivity contribution in [2.24, 2.45) is 5.92 Å². The molecule has 0 saturated carbocycles. The van der Waals surface area contributed by atoms with Crippen molar-refractivity contribution in [3.63, 3.8) is 0 Å². The highest BCUT2D eigenvalue weighted by Gasteiger charge is 2.21. The highest BCUT2D eigenvalue weighted by Crippen LogP contribution is 2.17. The molecule has 82 valence electrons. The van der Waals surface area contributed by atoms with Crippen LogP contribution in [-0.2, 0) is 17.8 Å². The molecule has 0 fully saturated rings. The fraction of sp³-hybridized carbons (Fsp3) is 0.364. The molecule has 0 aliphatic carbocycles. The van der Waals surface area contributed by atoms with Crippen molar-refractivity contribution in [2.75, 3.05) is 6.54 Å². The Balaban J connectivity index is 0.00000112. The van der Waals surface area contributed by atoms with Crippen LogP contribution in [0, 0.1) is 5.92 Å². The van der Waals surface area contributed by atoms with Gasteiger partial charge in [-0.1, -0.05) is 24.3 Å². The Morgan fingerprint density at radius 1 is 1.33 bits per heavy atom. The maximum atomic E-state index is 10.9. The van der Waals surface area contributed by atoms with E-state index < -0.39 is 5.97 Å². The van der Waals surface area contributed by atoms with Crippen molar-refractivity contribution < 1.29 is 9.90 Å². The predicted molar refractivity (Wildman–Crippen MR) is 63.3 cm³/mol. The normalized spacial score (nSPS) is 19.6. The van der Waals surface area contributed by atoms with Crippen LogP contribution < -0.4 is 5.32 Å². The van der Waals surface area contributed by atoms with Crippen LogP contribution in [0.5, 0.6) is 0 Å². The summed E-state index contributed by atoms with van der Waals surface area (Å²) in [4.78, 5) is 10.9. The van der Waals surface area contributed by atoms with E-state index in [0.29, 0.717) is 13.0 Å². The molecule has 1 unspecified atom stereocenters. The smallest absolute Gasteiger partial charge is 0.308 e. The van der Waals surface area contributed by atoms with E-state index in [1.165, 1.54) is 5.56 Å². The summed E-state index contributed by atoms with van der Waals surface area (Å²) in [6.07, 6.45) is 0.637. The molecule has 0 radical (unpaired) electrons. The maximum absolute atomic E-state index is 10.9. The van der Waals surface area contributed by atoms with Gasteiger partial charge in [0.15, 0.2) is 0 Å². The molecule has 1 aromatic carbocycles. The summed E-state index contributed by atoms with van der Waals surface area (Å²) >= 11 is 0. The van der Waals surface area contributed by atoms with Gasteiger partial charge in [0.25, 0.3) is 0 Å². The van der Waals surface area contributed by atoms with E-state index in [-0.39, 0.29) is 22.9 Å². The molecule has 1 heterocycles. The van der Waals surface area contributed by atoms with Crippen LogP contribution in [0.2, 0.25) is 0 Å². The summed E-state index contributed by atoms with van der Waals surface area (Å²) in [7, 11) is 0. The van der Waals surface area contributed by atoms with Gasteiger partial charge in [-0.15, -0.1) is 17.0 Å². The molecule has 0 saturated heterocycles. The number of benzene rings is 1. The van der Waals surface area contributed by atoms with Gasteiger partial charge >= 0.3 is 5.97 Å². The Morgan fingerprint density at radius 2 is 2.00 bits per heavy atom. The predicted octanol–water partition coefficient (Wildman–Crippen LogP) is 1.61. The third kappa shape index (κ3) is 2.79. The molecule has 1 aliphatic rings. The first-order valence-electron chi connectivity index (χ1n) is 4.77. The third-order valence-corrected chi connectivity index (χ3v) is 2.64. The fourth-order valence-corrected chi connectivity index (χ4v) is 1.82. The van der Waals surface area contributed by atoms with Gasteiger partial charge in [0.2, 0.25) is 0 Å². The zero-order valence-corrected chi connectivity index (χ0v) is 9.98. The highest BCUT2D eigenvalue weighted by atomic mass is 79.9. The zero-order valence-electron chi connectivity index (χ0n) is 8.27. The Hall–Kier alpha value is -0.870. The number of fused-ring (bicyclic) bond motifs is 1. The van der Waals surface area contributed by atoms with E-state index in [9.17, 15) is 4.79 Å². The zero-order chi connectivity index (χ0) is 9.97. The number of nitrogens with one attached hydrogen (secondary N) is 1. The summed E-state index contributed by atoms with van der Waals surface area (Å²) in [5.41, 5.74) is 2.38. The van der Waals surface area contributed by atoms with E-state index in [2.05, 4.69) is 5.32 Å². The van der Waals surface area contributed by atoms with Crippen LogP contribution in [0.15, 0.2) is 24.3 Å². The van der Waals surface area contributed by atoms with E-state index in [1.807, 2.05) is 24.3 Å². The lowest BCUT2D eigenvalue weighted by Crippen LogP contribution is -2.26. The summed E-state index contributed by atoms with van der Waals surface area (Å²) < 4.78 is 0. The SMILES string of the molecule is Br.O=C(O)C1CNCc2ccccc2C1. The molecule has 1 atom stereocenters. The quantitative estimate of drug-likeness (QED) is 0.816. The van der Waals surface area contributed by atoms with Gasteiger partial charge in [0.1, 0.15) is 0 Å². The number of hydrogen-bond donors (Lipinski definition) is 2. The second kappa shape index (κ2) is 5.28. The van der Waals surface area contributed by atoms with Crippen LogP contribution in [-0.4, -0.2) is 17.6 Å². The molecule has 2 rings (SSSR count). The largest absolute Gasteiger partial charge is 0.481 e. The highest BCUT2D eigenvalue weighted by molar-refractivity contribution is 8.93. The van der Waals surface area contributed by atoms with Gasteiger partial charge in [-0.25, -0.2) is 0 Å². The lowest BCUT2D eigenvalue weighted by molar-refractivity contribution is -0.141. The summed E-state index contributed by atoms with van der Waals surface area (Å²) in [6.45, 7) is 1.34. The van der Waals surface area contributed by atoms with Crippen molar-refractivity contribution in [3.8, 4) is 0 Å². The molecular weight excluding hydrogens is 258 g/mol. The molecule has 3 nitrogen and oxygen atoms in total. The minimum atomic E-state index is -0.714. The Labute approximate surface area is 99.3 Å². The summed E-state index contributed by atoms with van der Waals surface area (Å²) in [5, 5.41) is 12.1. The molecule has 2 N–H and O–H groups in total.